The van der Waals surface area contributed by atoms with Crippen molar-refractivity contribution in [3.05, 3.63) is 218 Å². The fourth-order valence-electron chi connectivity index (χ4n) is 4.54. The van der Waals surface area contributed by atoms with Crippen molar-refractivity contribution in [2.24, 2.45) is 17.2 Å². The van der Waals surface area contributed by atoms with Gasteiger partial charge in [-0.25, -0.2) is 0 Å². The molecule has 6 rings (SSSR count). The standard InChI is InChI=1S/C18H25N3.2C10H8.C6H6.C2H6.CH5N/c1-5-10-15(21-17(20)6-2)13-16(19)18(3,4)14-11-8-7-9-12-14;2*1-2-6-10-8-4-3-7-9(10)5-1;1-2-4-6-5-3-1;2*1-2/h5-13,17,21H,1-2,19-20H2,3-4H3;2*1-8H;1-6H;1-2H3;2H2,1H3/b15-10+,16-13-;;;;;. The summed E-state index contributed by atoms with van der Waals surface area (Å²) in [6, 6.07) is 55.6. The average molecular weight is 679 g/mol. The molecule has 0 heterocycles. The lowest BCUT2D eigenvalue weighted by Crippen LogP contribution is -2.35. The largest absolute Gasteiger partial charge is 0.401 e. The number of nitrogens with two attached hydrogens (primary N) is 3. The van der Waals surface area contributed by atoms with E-state index in [2.05, 4.69) is 147 Å². The topological polar surface area (TPSA) is 90.1 Å². The predicted molar refractivity (Wildman–Crippen MR) is 227 cm³/mol. The second kappa shape index (κ2) is 26.2. The van der Waals surface area contributed by atoms with E-state index in [0.717, 1.165) is 17.0 Å². The first kappa shape index (κ1) is 43.3. The van der Waals surface area contributed by atoms with Gasteiger partial charge in [0.05, 0.1) is 6.17 Å². The molecule has 0 aliphatic heterocycles. The van der Waals surface area contributed by atoms with E-state index < -0.39 is 0 Å². The van der Waals surface area contributed by atoms with Crippen LogP contribution in [-0.4, -0.2) is 13.2 Å². The van der Waals surface area contributed by atoms with Gasteiger partial charge in [-0.3, -0.25) is 0 Å². The Morgan fingerprint density at radius 3 is 1.16 bits per heavy atom. The van der Waals surface area contributed by atoms with Crippen LogP contribution in [0, 0.1) is 0 Å². The molecule has 4 nitrogen and oxygen atoms in total. The van der Waals surface area contributed by atoms with Crippen molar-refractivity contribution < 1.29 is 0 Å². The fraction of sp³-hybridized carbons (Fsp3) is 0.149. The lowest BCUT2D eigenvalue weighted by molar-refractivity contribution is 0.611. The van der Waals surface area contributed by atoms with Gasteiger partial charge in [-0.05, 0) is 46.3 Å². The monoisotopic (exact) mass is 678 g/mol. The van der Waals surface area contributed by atoms with E-state index in [4.69, 9.17) is 11.5 Å². The summed E-state index contributed by atoms with van der Waals surface area (Å²) in [5, 5.41) is 8.36. The summed E-state index contributed by atoms with van der Waals surface area (Å²) in [5.41, 5.74) is 19.1. The maximum absolute atomic E-state index is 6.31. The zero-order chi connectivity index (χ0) is 37.7. The van der Waals surface area contributed by atoms with Gasteiger partial charge in [0.15, 0.2) is 0 Å². The molecule has 6 aromatic carbocycles. The molecule has 0 amide bonds. The zero-order valence-electron chi connectivity index (χ0n) is 31.1. The molecule has 0 aliphatic rings. The molecular formula is C47H58N4. The van der Waals surface area contributed by atoms with Crippen LogP contribution in [0.25, 0.3) is 21.5 Å². The minimum absolute atomic E-state index is 0.276. The van der Waals surface area contributed by atoms with Crippen LogP contribution in [-0.2, 0) is 5.41 Å². The van der Waals surface area contributed by atoms with Crippen molar-refractivity contribution in [2.75, 3.05) is 7.05 Å². The molecule has 1 unspecified atom stereocenters. The van der Waals surface area contributed by atoms with Crippen LogP contribution in [0.3, 0.4) is 0 Å². The second-order valence-electron chi connectivity index (χ2n) is 11.2. The van der Waals surface area contributed by atoms with Gasteiger partial charge in [0, 0.05) is 16.8 Å². The first-order chi connectivity index (χ1) is 24.8. The molecule has 0 aliphatic carbocycles. The molecule has 0 saturated carbocycles. The molecule has 0 bridgehead atoms. The van der Waals surface area contributed by atoms with Gasteiger partial charge in [0.2, 0.25) is 0 Å². The van der Waals surface area contributed by atoms with Gasteiger partial charge >= 0.3 is 0 Å². The first-order valence-corrected chi connectivity index (χ1v) is 17.3. The average Bonchev–Trinajstić information content (AvgIpc) is 3.21. The van der Waals surface area contributed by atoms with Crippen molar-refractivity contribution in [2.45, 2.75) is 39.3 Å². The Morgan fingerprint density at radius 1 is 0.569 bits per heavy atom. The summed E-state index contributed by atoms with van der Waals surface area (Å²) in [4.78, 5) is 0. The van der Waals surface area contributed by atoms with Gasteiger partial charge in [0.1, 0.15) is 0 Å². The molecule has 0 spiro atoms. The number of nitrogens with one attached hydrogen (secondary N) is 1. The minimum atomic E-state index is -0.333. The summed E-state index contributed by atoms with van der Waals surface area (Å²) >= 11 is 0. The lowest BCUT2D eigenvalue weighted by Gasteiger charge is -2.27. The Balaban J connectivity index is 0.000000360. The normalized spacial score (nSPS) is 11.0. The highest BCUT2D eigenvalue weighted by molar-refractivity contribution is 5.82. The van der Waals surface area contributed by atoms with Crippen molar-refractivity contribution in [1.82, 2.24) is 5.32 Å². The quantitative estimate of drug-likeness (QED) is 0.0768. The molecule has 4 heteroatoms. The number of benzene rings is 6. The van der Waals surface area contributed by atoms with Crippen LogP contribution in [0.1, 0.15) is 33.3 Å². The van der Waals surface area contributed by atoms with Crippen molar-refractivity contribution in [1.29, 1.82) is 0 Å². The number of hydrogen-bond donors (Lipinski definition) is 4. The molecule has 0 fully saturated rings. The maximum Gasteiger partial charge on any atom is 0.0932 e. The Morgan fingerprint density at radius 2 is 0.863 bits per heavy atom. The van der Waals surface area contributed by atoms with E-state index in [1.165, 1.54) is 28.6 Å². The van der Waals surface area contributed by atoms with Crippen molar-refractivity contribution >= 4 is 21.5 Å². The summed E-state index contributed by atoms with van der Waals surface area (Å²) in [7, 11) is 1.50. The highest BCUT2D eigenvalue weighted by atomic mass is 15.0. The van der Waals surface area contributed by atoms with Gasteiger partial charge in [-0.1, -0.05) is 217 Å². The summed E-state index contributed by atoms with van der Waals surface area (Å²) in [5.74, 6) is 0. The van der Waals surface area contributed by atoms with E-state index in [1.807, 2.05) is 80.6 Å². The van der Waals surface area contributed by atoms with Crippen molar-refractivity contribution in [3.8, 4) is 0 Å². The van der Waals surface area contributed by atoms with Crippen LogP contribution in [0.15, 0.2) is 213 Å². The molecule has 6 aromatic rings. The third-order valence-electron chi connectivity index (χ3n) is 7.40. The van der Waals surface area contributed by atoms with Crippen LogP contribution < -0.4 is 22.5 Å². The van der Waals surface area contributed by atoms with E-state index in [0.29, 0.717) is 0 Å². The second-order valence-corrected chi connectivity index (χ2v) is 11.2. The van der Waals surface area contributed by atoms with Gasteiger partial charge < -0.3 is 22.5 Å². The minimum Gasteiger partial charge on any atom is -0.401 e. The first-order valence-electron chi connectivity index (χ1n) is 17.3. The molecule has 7 N–H and O–H groups in total. The highest BCUT2D eigenvalue weighted by Gasteiger charge is 2.23. The molecule has 0 aromatic heterocycles. The maximum atomic E-state index is 6.31. The predicted octanol–water partition coefficient (Wildman–Crippen LogP) is 10.9. The SMILES string of the molecule is C=C/C=C(\C=C(/N)C(C)(C)c1ccccc1)NC(N)C=C.CC.CN.c1ccc2ccccc2c1.c1ccc2ccccc2c1.c1ccccc1. The van der Waals surface area contributed by atoms with Crippen LogP contribution in [0.2, 0.25) is 0 Å². The van der Waals surface area contributed by atoms with Gasteiger partial charge in [-0.2, -0.15) is 0 Å². The smallest absolute Gasteiger partial charge is 0.0932 e. The third kappa shape index (κ3) is 16.5. The lowest BCUT2D eigenvalue weighted by atomic mass is 9.81. The Labute approximate surface area is 307 Å². The van der Waals surface area contributed by atoms with Gasteiger partial charge in [-0.15, -0.1) is 0 Å². The molecule has 0 radical (unpaired) electrons. The summed E-state index contributed by atoms with van der Waals surface area (Å²) in [6.07, 6.45) is 6.70. The molecule has 1 atom stereocenters. The number of fused-ring (bicyclic) bond motifs is 2. The Hall–Kier alpha value is -5.68. The molecular weight excluding hydrogens is 621 g/mol. The molecule has 51 heavy (non-hydrogen) atoms. The Kier molecular flexibility index (Phi) is 22.3. The van der Waals surface area contributed by atoms with Crippen LogP contribution in [0.4, 0.5) is 0 Å². The van der Waals surface area contributed by atoms with E-state index in [-0.39, 0.29) is 11.6 Å². The van der Waals surface area contributed by atoms with Crippen molar-refractivity contribution in [3.63, 3.8) is 0 Å². The fourth-order valence-corrected chi connectivity index (χ4v) is 4.54. The summed E-state index contributed by atoms with van der Waals surface area (Å²) < 4.78 is 0. The zero-order valence-corrected chi connectivity index (χ0v) is 31.1. The number of hydrogen-bond acceptors (Lipinski definition) is 4. The number of rotatable bonds is 7. The van der Waals surface area contributed by atoms with Gasteiger partial charge in [0.25, 0.3) is 0 Å². The van der Waals surface area contributed by atoms with E-state index in [9.17, 15) is 0 Å². The van der Waals surface area contributed by atoms with E-state index >= 15 is 0 Å². The number of allylic oxidation sites excluding steroid dienone is 4. The summed E-state index contributed by atoms with van der Waals surface area (Å²) in [6.45, 7) is 15.5. The highest BCUT2D eigenvalue weighted by Crippen LogP contribution is 2.28. The third-order valence-corrected chi connectivity index (χ3v) is 7.40. The molecule has 266 valence electrons. The Bertz CT molecular complexity index is 1610. The van der Waals surface area contributed by atoms with Crippen LogP contribution in [0.5, 0.6) is 0 Å². The molecule has 0 saturated heterocycles. The van der Waals surface area contributed by atoms with E-state index in [1.54, 1.807) is 12.2 Å². The van der Waals surface area contributed by atoms with Crippen LogP contribution >= 0.6 is 0 Å².